The average molecular weight is 405 g/mol. The molecule has 3 rings (SSSR count). The molecule has 0 aliphatic heterocycles. The van der Waals surface area contributed by atoms with Crippen LogP contribution in [0.5, 0.6) is 0 Å². The van der Waals surface area contributed by atoms with Crippen LogP contribution >= 0.6 is 12.2 Å². The number of carbonyl (C=O) groups excluding carboxylic acids is 2. The Balaban J connectivity index is 1.57. The lowest BCUT2D eigenvalue weighted by atomic mass is 10.2. The molecule has 0 saturated heterocycles. The molecular weight excluding hydrogens is 386 g/mol. The minimum atomic E-state index is -0.388. The van der Waals surface area contributed by atoms with E-state index < -0.39 is 0 Å². The van der Waals surface area contributed by atoms with Crippen molar-refractivity contribution in [3.05, 3.63) is 90.0 Å². The maximum Gasteiger partial charge on any atom is 0.265 e. The normalized spacial score (nSPS) is 9.97. The van der Waals surface area contributed by atoms with Gasteiger partial charge in [0.05, 0.1) is 0 Å². The van der Waals surface area contributed by atoms with Gasteiger partial charge in [0.1, 0.15) is 0 Å². The molecule has 0 fully saturated rings. The van der Waals surface area contributed by atoms with Crippen molar-refractivity contribution >= 4 is 46.2 Å². The van der Waals surface area contributed by atoms with Crippen molar-refractivity contribution in [3.63, 3.8) is 0 Å². The lowest BCUT2D eigenvalue weighted by Gasteiger charge is -2.12. The quantitative estimate of drug-likeness (QED) is 0.193. The zero-order valence-electron chi connectivity index (χ0n) is 15.3. The van der Waals surface area contributed by atoms with Crippen LogP contribution in [0.3, 0.4) is 0 Å². The van der Waals surface area contributed by atoms with Crippen LogP contribution in [0.25, 0.3) is 0 Å². The fourth-order valence-electron chi connectivity index (χ4n) is 2.54. The molecule has 0 bridgehead atoms. The van der Waals surface area contributed by atoms with Gasteiger partial charge in [-0.15, -0.1) is 0 Å². The van der Waals surface area contributed by atoms with E-state index >= 15 is 0 Å². The maximum atomic E-state index is 12.2. The third-order valence-corrected chi connectivity index (χ3v) is 4.15. The molecule has 0 aliphatic carbocycles. The van der Waals surface area contributed by atoms with Crippen molar-refractivity contribution < 1.29 is 9.59 Å². The lowest BCUT2D eigenvalue weighted by molar-refractivity contribution is 0.0953. The first-order chi connectivity index (χ1) is 14.0. The lowest BCUT2D eigenvalue weighted by Crippen LogP contribution is -2.30. The highest BCUT2D eigenvalue weighted by Gasteiger charge is 2.07. The number of nitrogen functional groups attached to an aromatic ring is 1. The molecule has 0 heterocycles. The Hall–Kier alpha value is -3.75. The van der Waals surface area contributed by atoms with Crippen molar-refractivity contribution in [2.45, 2.75) is 0 Å². The maximum absolute atomic E-state index is 12.2. The molecule has 3 aromatic carbocycles. The Bertz CT molecular complexity index is 1020. The van der Waals surface area contributed by atoms with Crippen molar-refractivity contribution in [2.24, 2.45) is 5.84 Å². The van der Waals surface area contributed by atoms with E-state index in [9.17, 15) is 9.59 Å². The second-order valence-corrected chi connectivity index (χ2v) is 6.44. The number of hydrogen-bond donors (Lipinski definition) is 5. The summed E-state index contributed by atoms with van der Waals surface area (Å²) in [5, 5.41) is 9.25. The molecule has 146 valence electrons. The van der Waals surface area contributed by atoms with Crippen molar-refractivity contribution in [3.8, 4) is 0 Å². The molecule has 0 radical (unpaired) electrons. The van der Waals surface area contributed by atoms with E-state index in [2.05, 4.69) is 21.4 Å². The van der Waals surface area contributed by atoms with E-state index in [0.717, 1.165) is 5.69 Å². The number of thiocarbonyl (C=S) groups is 1. The van der Waals surface area contributed by atoms with Crippen LogP contribution in [-0.4, -0.2) is 16.9 Å². The summed E-state index contributed by atoms with van der Waals surface area (Å²) in [4.78, 5) is 23.8. The van der Waals surface area contributed by atoms with Gasteiger partial charge in [0, 0.05) is 28.2 Å². The van der Waals surface area contributed by atoms with Gasteiger partial charge in [0.15, 0.2) is 5.11 Å². The average Bonchev–Trinajstić information content (AvgIpc) is 2.75. The summed E-state index contributed by atoms with van der Waals surface area (Å²) in [6.07, 6.45) is 0. The molecule has 0 aromatic heterocycles. The second kappa shape index (κ2) is 9.45. The minimum absolute atomic E-state index is 0.176. The molecule has 2 amide bonds. The predicted molar refractivity (Wildman–Crippen MR) is 119 cm³/mol. The summed E-state index contributed by atoms with van der Waals surface area (Å²) in [7, 11) is 0. The van der Waals surface area contributed by atoms with Crippen molar-refractivity contribution in [1.29, 1.82) is 0 Å². The minimum Gasteiger partial charge on any atom is -0.332 e. The van der Waals surface area contributed by atoms with E-state index in [4.69, 9.17) is 18.1 Å². The molecule has 6 N–H and O–H groups in total. The highest BCUT2D eigenvalue weighted by molar-refractivity contribution is 7.80. The summed E-state index contributed by atoms with van der Waals surface area (Å²) in [5.74, 6) is 4.58. The zero-order chi connectivity index (χ0) is 20.6. The number of nitrogens with one attached hydrogen (secondary N) is 4. The first-order valence-corrected chi connectivity index (χ1v) is 9.11. The molecule has 0 saturated carbocycles. The van der Waals surface area contributed by atoms with Crippen LogP contribution in [0.4, 0.5) is 17.1 Å². The van der Waals surface area contributed by atoms with Gasteiger partial charge in [-0.1, -0.05) is 24.3 Å². The smallest absolute Gasteiger partial charge is 0.265 e. The molecule has 29 heavy (non-hydrogen) atoms. The number of amides is 2. The Morgan fingerprint density at radius 2 is 1.24 bits per heavy atom. The van der Waals surface area contributed by atoms with Crippen molar-refractivity contribution in [2.75, 3.05) is 16.0 Å². The van der Waals surface area contributed by atoms with E-state index in [1.807, 2.05) is 18.2 Å². The Morgan fingerprint density at radius 3 is 1.90 bits per heavy atom. The highest BCUT2D eigenvalue weighted by atomic mass is 32.1. The molecule has 3 aromatic rings. The third-order valence-electron chi connectivity index (χ3n) is 3.95. The van der Waals surface area contributed by atoms with Gasteiger partial charge in [-0.3, -0.25) is 15.0 Å². The second-order valence-electron chi connectivity index (χ2n) is 6.03. The summed E-state index contributed by atoms with van der Waals surface area (Å²) < 4.78 is 0. The molecule has 8 heteroatoms. The fraction of sp³-hybridized carbons (Fsp3) is 0. The number of rotatable bonds is 5. The standard InChI is InChI=1S/C21H19N5O2S/c22-26-20(28)15-7-4-8-18(13-15)25-21(29)24-17-11-9-16(10-12-17)23-19(27)14-5-2-1-3-6-14/h1-13H,22H2,(H,23,27)(H,26,28)(H2,24,25,29). The van der Waals surface area contributed by atoms with Crippen molar-refractivity contribution in [1.82, 2.24) is 5.43 Å². The van der Waals surface area contributed by atoms with Gasteiger partial charge >= 0.3 is 0 Å². The van der Waals surface area contributed by atoms with Crippen LogP contribution < -0.4 is 27.2 Å². The molecule has 0 aliphatic rings. The van der Waals surface area contributed by atoms with E-state index in [-0.39, 0.29) is 11.8 Å². The third kappa shape index (κ3) is 5.61. The van der Waals surface area contributed by atoms with E-state index in [0.29, 0.717) is 27.6 Å². The Kier molecular flexibility index (Phi) is 6.51. The molecule has 0 unspecified atom stereocenters. The summed E-state index contributed by atoms with van der Waals surface area (Å²) in [6.45, 7) is 0. The van der Waals surface area contributed by atoms with Crippen LogP contribution in [0.2, 0.25) is 0 Å². The Labute approximate surface area is 173 Å². The number of hydrazine groups is 1. The highest BCUT2D eigenvalue weighted by Crippen LogP contribution is 2.16. The number of anilines is 3. The SMILES string of the molecule is NNC(=O)c1cccc(NC(=S)Nc2ccc(NC(=O)c3ccccc3)cc2)c1. The van der Waals surface area contributed by atoms with Crippen LogP contribution in [-0.2, 0) is 0 Å². The number of hydrogen-bond acceptors (Lipinski definition) is 4. The van der Waals surface area contributed by atoms with Crippen LogP contribution in [0.15, 0.2) is 78.9 Å². The first-order valence-electron chi connectivity index (χ1n) is 8.70. The zero-order valence-corrected chi connectivity index (χ0v) is 16.1. The van der Waals surface area contributed by atoms with E-state index in [1.165, 1.54) is 0 Å². The number of benzene rings is 3. The summed E-state index contributed by atoms with van der Waals surface area (Å²) in [5.41, 5.74) is 5.15. The van der Waals surface area contributed by atoms with Gasteiger partial charge < -0.3 is 16.0 Å². The molecule has 0 spiro atoms. The Morgan fingerprint density at radius 1 is 0.655 bits per heavy atom. The number of carbonyl (C=O) groups is 2. The topological polar surface area (TPSA) is 108 Å². The molecular formula is C21H19N5O2S. The number of nitrogens with two attached hydrogens (primary N) is 1. The first kappa shape index (κ1) is 20.0. The molecule has 7 nitrogen and oxygen atoms in total. The fourth-order valence-corrected chi connectivity index (χ4v) is 2.78. The van der Waals surface area contributed by atoms with E-state index in [1.54, 1.807) is 60.7 Å². The van der Waals surface area contributed by atoms with Gasteiger partial charge in [-0.05, 0) is 66.8 Å². The van der Waals surface area contributed by atoms with Gasteiger partial charge in [-0.2, -0.15) is 0 Å². The summed E-state index contributed by atoms with van der Waals surface area (Å²) >= 11 is 5.30. The van der Waals surface area contributed by atoms with Gasteiger partial charge in [0.2, 0.25) is 0 Å². The monoisotopic (exact) mass is 405 g/mol. The van der Waals surface area contributed by atoms with Crippen LogP contribution in [0.1, 0.15) is 20.7 Å². The van der Waals surface area contributed by atoms with Crippen LogP contribution in [0, 0.1) is 0 Å². The molecule has 0 atom stereocenters. The van der Waals surface area contributed by atoms with Gasteiger partial charge in [0.25, 0.3) is 11.8 Å². The predicted octanol–water partition coefficient (Wildman–Crippen LogP) is 3.35. The summed E-state index contributed by atoms with van der Waals surface area (Å²) in [6, 6.07) is 22.9. The van der Waals surface area contributed by atoms with Gasteiger partial charge in [-0.25, -0.2) is 5.84 Å². The largest absolute Gasteiger partial charge is 0.332 e.